The molecular formula is C22H18ClN7O3. The summed E-state index contributed by atoms with van der Waals surface area (Å²) >= 11 is 6.46. The van der Waals surface area contributed by atoms with Gasteiger partial charge >= 0.3 is 5.82 Å². The molecule has 0 fully saturated rings. The number of rotatable bonds is 7. The van der Waals surface area contributed by atoms with Crippen molar-refractivity contribution in [3.63, 3.8) is 0 Å². The Hall–Kier alpha value is -4.31. The average Bonchev–Trinajstić information content (AvgIpc) is 3.39. The first kappa shape index (κ1) is 21.9. The minimum atomic E-state index is -0.560. The number of carbonyl (C=O) groups excluding carboxylic acids is 1. The highest BCUT2D eigenvalue weighted by atomic mass is 35.5. The van der Waals surface area contributed by atoms with Crippen LogP contribution in [0.4, 0.5) is 5.82 Å². The van der Waals surface area contributed by atoms with E-state index in [9.17, 15) is 14.9 Å². The van der Waals surface area contributed by atoms with Crippen LogP contribution < -0.4 is 5.43 Å². The van der Waals surface area contributed by atoms with Gasteiger partial charge in [0.1, 0.15) is 5.15 Å². The van der Waals surface area contributed by atoms with Crippen molar-refractivity contribution < 1.29 is 9.72 Å². The lowest BCUT2D eigenvalue weighted by Crippen LogP contribution is -2.18. The molecule has 0 bridgehead atoms. The molecule has 33 heavy (non-hydrogen) atoms. The Morgan fingerprint density at radius 2 is 1.97 bits per heavy atom. The highest BCUT2D eigenvalue weighted by molar-refractivity contribution is 6.32. The molecule has 0 aliphatic rings. The van der Waals surface area contributed by atoms with E-state index < -0.39 is 10.8 Å². The number of hydrogen-bond donors (Lipinski definition) is 1. The summed E-state index contributed by atoms with van der Waals surface area (Å²) in [7, 11) is 0. The van der Waals surface area contributed by atoms with Gasteiger partial charge in [0.05, 0.1) is 47.1 Å². The second-order valence-corrected chi connectivity index (χ2v) is 7.42. The topological polar surface area (TPSA) is 120 Å². The van der Waals surface area contributed by atoms with Crippen molar-refractivity contribution >= 4 is 29.5 Å². The summed E-state index contributed by atoms with van der Waals surface area (Å²) in [5.74, 6) is -0.647. The van der Waals surface area contributed by atoms with Crippen LogP contribution in [0.25, 0.3) is 5.69 Å². The molecule has 0 atom stereocenters. The standard InChI is InChI=1S/C22H18ClN7O3/c1-15-19(21(23)29(26-15)18-8-3-2-4-9-18)13-24-25-22(31)17-7-5-6-16(12-17)14-28-11-10-20(27-28)30(32)33/h2-13H,14H2,1H3,(H,25,31)/b24-13+. The molecule has 2 aromatic heterocycles. The van der Waals surface area contributed by atoms with Gasteiger partial charge in [-0.3, -0.25) is 4.79 Å². The molecule has 1 N–H and O–H groups in total. The van der Waals surface area contributed by atoms with E-state index in [2.05, 4.69) is 20.7 Å². The number of carbonyl (C=O) groups is 1. The van der Waals surface area contributed by atoms with E-state index in [0.717, 1.165) is 11.3 Å². The zero-order valence-corrected chi connectivity index (χ0v) is 18.2. The van der Waals surface area contributed by atoms with E-state index >= 15 is 0 Å². The van der Waals surface area contributed by atoms with Gasteiger partial charge < -0.3 is 10.1 Å². The van der Waals surface area contributed by atoms with Crippen LogP contribution in [0.1, 0.15) is 27.2 Å². The Morgan fingerprint density at radius 1 is 1.18 bits per heavy atom. The number of nitrogens with zero attached hydrogens (tertiary/aromatic N) is 6. The predicted octanol–water partition coefficient (Wildman–Crippen LogP) is 3.75. The van der Waals surface area contributed by atoms with Crippen LogP contribution in [0.2, 0.25) is 5.15 Å². The lowest BCUT2D eigenvalue weighted by Gasteiger charge is -2.03. The summed E-state index contributed by atoms with van der Waals surface area (Å²) in [4.78, 5) is 22.8. The fourth-order valence-corrected chi connectivity index (χ4v) is 3.47. The number of hydrogen-bond acceptors (Lipinski definition) is 6. The van der Waals surface area contributed by atoms with Crippen LogP contribution >= 0.6 is 11.6 Å². The highest BCUT2D eigenvalue weighted by Crippen LogP contribution is 2.21. The SMILES string of the molecule is Cc1nn(-c2ccccc2)c(Cl)c1/C=N/NC(=O)c1cccc(Cn2ccc([N+](=O)[O-])n2)c1. The quantitative estimate of drug-likeness (QED) is 0.254. The van der Waals surface area contributed by atoms with Gasteiger partial charge in [-0.1, -0.05) is 41.9 Å². The number of aryl methyl sites for hydroxylation is 1. The fourth-order valence-electron chi connectivity index (χ4n) is 3.15. The number of hydrazone groups is 1. The number of amides is 1. The summed E-state index contributed by atoms with van der Waals surface area (Å²) in [6.45, 7) is 2.09. The molecular weight excluding hydrogens is 446 g/mol. The largest absolute Gasteiger partial charge is 0.389 e. The first-order valence-corrected chi connectivity index (χ1v) is 10.2. The van der Waals surface area contributed by atoms with E-state index in [-0.39, 0.29) is 12.4 Å². The molecule has 166 valence electrons. The molecule has 0 aliphatic carbocycles. The van der Waals surface area contributed by atoms with E-state index in [1.165, 1.54) is 23.2 Å². The van der Waals surface area contributed by atoms with Crippen molar-refractivity contribution in [2.45, 2.75) is 13.5 Å². The first-order chi connectivity index (χ1) is 15.9. The van der Waals surface area contributed by atoms with Gasteiger partial charge in [0, 0.05) is 5.56 Å². The zero-order chi connectivity index (χ0) is 23.4. The molecule has 0 radical (unpaired) electrons. The maximum absolute atomic E-state index is 12.5. The Balaban J connectivity index is 1.44. The number of aromatic nitrogens is 4. The van der Waals surface area contributed by atoms with Crippen LogP contribution in [-0.2, 0) is 6.54 Å². The Kier molecular flexibility index (Phi) is 6.27. The molecule has 0 spiro atoms. The molecule has 0 aliphatic heterocycles. The molecule has 11 heteroatoms. The molecule has 0 saturated heterocycles. The Labute approximate surface area is 193 Å². The molecule has 10 nitrogen and oxygen atoms in total. The second kappa shape index (κ2) is 9.45. The van der Waals surface area contributed by atoms with Crippen molar-refractivity contribution in [1.29, 1.82) is 0 Å². The molecule has 0 saturated carbocycles. The van der Waals surface area contributed by atoms with E-state index in [1.54, 1.807) is 35.9 Å². The number of nitrogens with one attached hydrogen (secondary N) is 1. The molecule has 2 heterocycles. The monoisotopic (exact) mass is 463 g/mol. The molecule has 2 aromatic carbocycles. The third kappa shape index (κ3) is 4.96. The summed E-state index contributed by atoms with van der Waals surface area (Å²) in [5.41, 5.74) is 5.69. The van der Waals surface area contributed by atoms with Crippen molar-refractivity contribution in [2.75, 3.05) is 0 Å². The zero-order valence-electron chi connectivity index (χ0n) is 17.4. The minimum Gasteiger partial charge on any atom is -0.358 e. The summed E-state index contributed by atoms with van der Waals surface area (Å²) < 4.78 is 3.03. The minimum absolute atomic E-state index is 0.234. The molecule has 1 amide bonds. The van der Waals surface area contributed by atoms with Gasteiger partial charge in [-0.15, -0.1) is 0 Å². The Bertz CT molecular complexity index is 1350. The summed E-state index contributed by atoms with van der Waals surface area (Å²) in [6, 6.07) is 17.6. The van der Waals surface area contributed by atoms with Crippen LogP contribution in [-0.4, -0.2) is 36.6 Å². The highest BCUT2D eigenvalue weighted by Gasteiger charge is 2.14. The van der Waals surface area contributed by atoms with Crippen LogP contribution in [0, 0.1) is 17.0 Å². The van der Waals surface area contributed by atoms with Gasteiger partial charge in [-0.2, -0.15) is 14.9 Å². The van der Waals surface area contributed by atoms with Gasteiger partial charge in [-0.25, -0.2) is 10.1 Å². The van der Waals surface area contributed by atoms with Crippen molar-refractivity contribution in [3.8, 4) is 5.69 Å². The number of para-hydroxylation sites is 1. The lowest BCUT2D eigenvalue weighted by atomic mass is 10.1. The number of benzene rings is 2. The second-order valence-electron chi connectivity index (χ2n) is 7.07. The van der Waals surface area contributed by atoms with Gasteiger partial charge in [0.15, 0.2) is 0 Å². The maximum Gasteiger partial charge on any atom is 0.389 e. The van der Waals surface area contributed by atoms with Crippen molar-refractivity contribution in [2.24, 2.45) is 5.10 Å². The average molecular weight is 464 g/mol. The lowest BCUT2D eigenvalue weighted by molar-refractivity contribution is -0.389. The van der Waals surface area contributed by atoms with Gasteiger partial charge in [-0.05, 0) is 41.7 Å². The van der Waals surface area contributed by atoms with E-state index in [1.807, 2.05) is 30.3 Å². The van der Waals surface area contributed by atoms with Crippen molar-refractivity contribution in [3.05, 3.63) is 105 Å². The van der Waals surface area contributed by atoms with Gasteiger partial charge in [0.25, 0.3) is 5.91 Å². The third-order valence-electron chi connectivity index (χ3n) is 4.76. The smallest absolute Gasteiger partial charge is 0.358 e. The maximum atomic E-state index is 12.5. The van der Waals surface area contributed by atoms with Crippen LogP contribution in [0.5, 0.6) is 0 Å². The first-order valence-electron chi connectivity index (χ1n) is 9.83. The number of nitro groups is 1. The van der Waals surface area contributed by atoms with Crippen LogP contribution in [0.15, 0.2) is 72.0 Å². The molecule has 0 unspecified atom stereocenters. The summed E-state index contributed by atoms with van der Waals surface area (Å²) in [6.07, 6.45) is 2.96. The molecule has 4 rings (SSSR count). The normalized spacial score (nSPS) is 11.1. The number of halogens is 1. The Morgan fingerprint density at radius 3 is 2.70 bits per heavy atom. The van der Waals surface area contributed by atoms with Gasteiger partial charge in [0.2, 0.25) is 0 Å². The summed E-state index contributed by atoms with van der Waals surface area (Å²) in [5, 5.41) is 23.5. The molecule has 4 aromatic rings. The fraction of sp³-hybridized carbons (Fsp3) is 0.0909. The van der Waals surface area contributed by atoms with E-state index in [0.29, 0.717) is 22.0 Å². The third-order valence-corrected chi connectivity index (χ3v) is 5.12. The predicted molar refractivity (Wildman–Crippen MR) is 123 cm³/mol. The van der Waals surface area contributed by atoms with Crippen LogP contribution in [0.3, 0.4) is 0 Å². The van der Waals surface area contributed by atoms with Crippen molar-refractivity contribution in [1.82, 2.24) is 25.0 Å². The van der Waals surface area contributed by atoms with E-state index in [4.69, 9.17) is 11.6 Å².